The second-order valence-electron chi connectivity index (χ2n) is 15.7. The number of carbonyl (C=O) groups excluding carboxylic acids is 3. The van der Waals surface area contributed by atoms with Crippen molar-refractivity contribution in [3.05, 3.63) is 153 Å². The van der Waals surface area contributed by atoms with E-state index in [0.29, 0.717) is 47.5 Å². The lowest BCUT2D eigenvalue weighted by atomic mass is 9.50. The summed E-state index contributed by atoms with van der Waals surface area (Å²) >= 11 is 7.10. The number of anilines is 3. The number of hydrogen-bond acceptors (Lipinski definition) is 6. The largest absolute Gasteiger partial charge is 0.493 e. The van der Waals surface area contributed by atoms with Gasteiger partial charge >= 0.3 is 0 Å². The Hall–Kier alpha value is -6.26. The second-order valence-corrected chi connectivity index (χ2v) is 16.1. The van der Waals surface area contributed by atoms with Crippen molar-refractivity contribution in [2.45, 2.75) is 45.4 Å². The molecular formula is C50H44ClN3O6. The molecule has 0 aliphatic heterocycles. The van der Waals surface area contributed by atoms with E-state index in [1.165, 1.54) is 20.8 Å². The molecule has 60 heavy (non-hydrogen) atoms. The fourth-order valence-corrected chi connectivity index (χ4v) is 9.96. The predicted molar refractivity (Wildman–Crippen MR) is 239 cm³/mol. The van der Waals surface area contributed by atoms with Crippen LogP contribution in [0.1, 0.15) is 77.6 Å². The van der Waals surface area contributed by atoms with E-state index in [2.05, 4.69) is 89.6 Å². The molecule has 10 heteroatoms. The molecule has 0 unspecified atom stereocenters. The Balaban J connectivity index is 1.42. The van der Waals surface area contributed by atoms with Gasteiger partial charge in [0.05, 0.1) is 18.6 Å². The molecule has 3 aliphatic rings. The Kier molecular flexibility index (Phi) is 10.1. The Labute approximate surface area is 353 Å². The lowest BCUT2D eigenvalue weighted by molar-refractivity contribution is -0.115. The van der Waals surface area contributed by atoms with Gasteiger partial charge in [0.2, 0.25) is 17.7 Å². The number of methoxy groups -OCH3 is 1. The Morgan fingerprint density at radius 1 is 0.617 bits per heavy atom. The van der Waals surface area contributed by atoms with Gasteiger partial charge in [-0.2, -0.15) is 0 Å². The first-order chi connectivity index (χ1) is 29.0. The number of hydrogen-bond donors (Lipinski definition) is 3. The van der Waals surface area contributed by atoms with E-state index in [4.69, 9.17) is 25.8 Å². The molecule has 3 aliphatic carbocycles. The standard InChI is InChI=1S/C50H44ClN3O6/c1-27-7-18-42(49-36(27)13-8-31-21-46(51)37-17-12-35(25-41(37)47(31)49)60-20-6-19-59-26-58-5)50-43-22-32(52-28(2)55)9-14-38(43)48(39-15-10-33(23-44(39)50)53-29(3)56)40-16-11-34(24-45(40)50)54-30(4)57/h7-18,21-25,48H,6,19-20,26H2,1-5H3,(H,52,55)(H,53,56)(H,54,57). The average Bonchev–Trinajstić information content (AvgIpc) is 3.21. The molecule has 0 radical (unpaired) electrons. The van der Waals surface area contributed by atoms with Gasteiger partial charge in [-0.1, -0.05) is 54.1 Å². The summed E-state index contributed by atoms with van der Waals surface area (Å²) < 4.78 is 16.8. The van der Waals surface area contributed by atoms with Crippen LogP contribution in [0.5, 0.6) is 5.75 Å². The number of benzene rings is 7. The van der Waals surface area contributed by atoms with Gasteiger partial charge in [0, 0.05) is 67.7 Å². The molecule has 0 saturated carbocycles. The van der Waals surface area contributed by atoms with Gasteiger partial charge in [0.15, 0.2) is 0 Å². The summed E-state index contributed by atoms with van der Waals surface area (Å²) in [6.45, 7) is 7.84. The lowest BCUT2D eigenvalue weighted by Gasteiger charge is -2.52. The molecule has 0 heterocycles. The summed E-state index contributed by atoms with van der Waals surface area (Å²) in [7, 11) is 1.60. The van der Waals surface area contributed by atoms with Crippen molar-refractivity contribution < 1.29 is 28.6 Å². The molecule has 9 nitrogen and oxygen atoms in total. The topological polar surface area (TPSA) is 115 Å². The summed E-state index contributed by atoms with van der Waals surface area (Å²) in [4.78, 5) is 37.9. The first-order valence-corrected chi connectivity index (χ1v) is 20.4. The number of rotatable bonds is 11. The van der Waals surface area contributed by atoms with Crippen molar-refractivity contribution in [2.24, 2.45) is 0 Å². The van der Waals surface area contributed by atoms with Crippen molar-refractivity contribution in [1.82, 2.24) is 0 Å². The molecule has 3 amide bonds. The summed E-state index contributed by atoms with van der Waals surface area (Å²) in [5, 5.41) is 15.7. The Morgan fingerprint density at radius 2 is 1.18 bits per heavy atom. The maximum Gasteiger partial charge on any atom is 0.221 e. The number of halogens is 1. The minimum atomic E-state index is -1.02. The van der Waals surface area contributed by atoms with Crippen LogP contribution in [-0.4, -0.2) is 44.8 Å². The van der Waals surface area contributed by atoms with Gasteiger partial charge in [-0.3, -0.25) is 14.4 Å². The molecule has 302 valence electrons. The second kappa shape index (κ2) is 15.4. The molecule has 7 aromatic rings. The summed E-state index contributed by atoms with van der Waals surface area (Å²) in [6, 6.07) is 35.3. The summed E-state index contributed by atoms with van der Waals surface area (Å²) in [5.41, 5.74) is 9.39. The predicted octanol–water partition coefficient (Wildman–Crippen LogP) is 10.6. The van der Waals surface area contributed by atoms with Crippen LogP contribution in [0.25, 0.3) is 32.3 Å². The van der Waals surface area contributed by atoms with Gasteiger partial charge in [0.1, 0.15) is 12.5 Å². The minimum absolute atomic E-state index is 0.163. The van der Waals surface area contributed by atoms with Gasteiger partial charge in [-0.25, -0.2) is 0 Å². The summed E-state index contributed by atoms with van der Waals surface area (Å²) in [5.74, 6) is 0.0110. The highest BCUT2D eigenvalue weighted by Gasteiger charge is 2.54. The average molecular weight is 818 g/mol. The van der Waals surface area contributed by atoms with E-state index >= 15 is 0 Å². The van der Waals surface area contributed by atoms with Crippen LogP contribution in [0, 0.1) is 6.92 Å². The van der Waals surface area contributed by atoms with E-state index in [0.717, 1.165) is 76.8 Å². The van der Waals surface area contributed by atoms with Crippen LogP contribution in [0.3, 0.4) is 0 Å². The molecule has 0 atom stereocenters. The first-order valence-electron chi connectivity index (χ1n) is 20.0. The maximum atomic E-state index is 12.6. The number of fused-ring (bicyclic) bond motifs is 5. The van der Waals surface area contributed by atoms with Crippen LogP contribution in [0.4, 0.5) is 17.1 Å². The zero-order valence-electron chi connectivity index (χ0n) is 34.0. The van der Waals surface area contributed by atoms with Crippen LogP contribution in [0.15, 0.2) is 103 Å². The lowest BCUT2D eigenvalue weighted by Crippen LogP contribution is -2.43. The zero-order valence-corrected chi connectivity index (χ0v) is 34.8. The molecule has 0 spiro atoms. The maximum absolute atomic E-state index is 12.6. The molecule has 7 aromatic carbocycles. The molecule has 0 fully saturated rings. The third kappa shape index (κ3) is 6.45. The van der Waals surface area contributed by atoms with Gasteiger partial charge < -0.3 is 30.2 Å². The fourth-order valence-electron chi connectivity index (χ4n) is 9.68. The number of nitrogens with one attached hydrogen (secondary N) is 3. The zero-order chi connectivity index (χ0) is 41.9. The smallest absolute Gasteiger partial charge is 0.221 e. The van der Waals surface area contributed by atoms with Crippen molar-refractivity contribution in [2.75, 3.05) is 43.1 Å². The molecule has 3 N–H and O–H groups in total. The van der Waals surface area contributed by atoms with Crippen LogP contribution in [0.2, 0.25) is 5.02 Å². The normalized spacial score (nSPS) is 16.0. The highest BCUT2D eigenvalue weighted by atomic mass is 35.5. The molecular weight excluding hydrogens is 774 g/mol. The fraction of sp³-hybridized carbons (Fsp3) is 0.220. The van der Waals surface area contributed by atoms with Crippen LogP contribution < -0.4 is 20.7 Å². The monoisotopic (exact) mass is 817 g/mol. The van der Waals surface area contributed by atoms with Crippen LogP contribution in [-0.2, 0) is 29.3 Å². The third-order valence-corrected chi connectivity index (χ3v) is 12.1. The Morgan fingerprint density at radius 3 is 1.73 bits per heavy atom. The Bertz CT molecular complexity index is 2780. The summed E-state index contributed by atoms with van der Waals surface area (Å²) in [6.07, 6.45) is 0.688. The molecule has 0 saturated heterocycles. The molecule has 10 rings (SSSR count). The molecule has 2 bridgehead atoms. The van der Waals surface area contributed by atoms with Crippen LogP contribution >= 0.6 is 11.6 Å². The van der Waals surface area contributed by atoms with Gasteiger partial charge in [-0.15, -0.1) is 0 Å². The number of carbonyl (C=O) groups is 3. The third-order valence-electron chi connectivity index (χ3n) is 11.8. The first kappa shape index (κ1) is 39.2. The molecule has 0 aromatic heterocycles. The quantitative estimate of drug-likeness (QED) is 0.0680. The van der Waals surface area contributed by atoms with E-state index in [9.17, 15) is 14.4 Å². The number of ether oxygens (including phenoxy) is 3. The van der Waals surface area contributed by atoms with Gasteiger partial charge in [0.25, 0.3) is 0 Å². The van der Waals surface area contributed by atoms with E-state index in [1.807, 2.05) is 36.4 Å². The minimum Gasteiger partial charge on any atom is -0.493 e. The van der Waals surface area contributed by atoms with Crippen molar-refractivity contribution in [1.29, 1.82) is 0 Å². The highest BCUT2D eigenvalue weighted by Crippen LogP contribution is 2.64. The van der Waals surface area contributed by atoms with E-state index in [1.54, 1.807) is 7.11 Å². The number of amides is 3. The highest BCUT2D eigenvalue weighted by molar-refractivity contribution is 6.39. The van der Waals surface area contributed by atoms with Crippen molar-refractivity contribution in [3.8, 4) is 5.75 Å². The van der Waals surface area contributed by atoms with Gasteiger partial charge in [-0.05, 0) is 139 Å². The van der Waals surface area contributed by atoms with E-state index in [-0.39, 0.29) is 30.4 Å². The number of aryl methyl sites for hydroxylation is 1. The SMILES string of the molecule is COCOCCCOc1ccc2c(Cl)cc3ccc4c(C)ccc(C56c7cc(NC(C)=O)ccc7C(c7ccc(NC(C)=O)cc75)c5ccc(NC(C)=O)cc56)c4c3c2c1. The van der Waals surface area contributed by atoms with Crippen molar-refractivity contribution in [3.63, 3.8) is 0 Å². The van der Waals surface area contributed by atoms with Crippen molar-refractivity contribution >= 4 is 78.7 Å². The van der Waals surface area contributed by atoms with E-state index < -0.39 is 5.41 Å².